The fourth-order valence-corrected chi connectivity index (χ4v) is 6.25. The molecule has 146 valence electrons. The first-order chi connectivity index (χ1) is 13.0. The van der Waals surface area contributed by atoms with Gasteiger partial charge < -0.3 is 4.90 Å². The lowest BCUT2D eigenvalue weighted by Crippen LogP contribution is -2.42. The van der Waals surface area contributed by atoms with Crippen molar-refractivity contribution in [2.45, 2.75) is 38.0 Å². The maximum Gasteiger partial charge on any atom is 0.232 e. The first-order valence-corrected chi connectivity index (χ1v) is 12.5. The molecule has 1 aliphatic heterocycles. The Bertz CT molecular complexity index is 890. The summed E-state index contributed by atoms with van der Waals surface area (Å²) < 4.78 is 23.6. The van der Waals surface area contributed by atoms with Crippen molar-refractivity contribution in [2.75, 3.05) is 23.8 Å². The predicted molar refractivity (Wildman–Crippen MR) is 114 cm³/mol. The Morgan fingerprint density at radius 1 is 1.19 bits per heavy atom. The van der Waals surface area contributed by atoms with Crippen LogP contribution in [0.15, 0.2) is 42.5 Å². The van der Waals surface area contributed by atoms with Crippen molar-refractivity contribution in [3.8, 4) is 0 Å². The Morgan fingerprint density at radius 2 is 1.96 bits per heavy atom. The van der Waals surface area contributed by atoms with Gasteiger partial charge in [0, 0.05) is 18.3 Å². The lowest BCUT2D eigenvalue weighted by molar-refractivity contribution is -0.130. The number of nitrogens with zero attached hydrogens (tertiary/aromatic N) is 1. The number of carbonyl (C=O) groups is 1. The molecule has 1 heterocycles. The number of carbonyl (C=O) groups excluding carboxylic acids is 1. The Kier molecular flexibility index (Phi) is 6.82. The van der Waals surface area contributed by atoms with E-state index >= 15 is 0 Å². The van der Waals surface area contributed by atoms with E-state index in [9.17, 15) is 13.2 Å². The molecule has 4 nitrogen and oxygen atoms in total. The van der Waals surface area contributed by atoms with Gasteiger partial charge in [-0.1, -0.05) is 55.8 Å². The molecular formula is C21H27NO3S2. The van der Waals surface area contributed by atoms with E-state index in [0.29, 0.717) is 18.7 Å². The van der Waals surface area contributed by atoms with Gasteiger partial charge in [-0.15, -0.1) is 11.8 Å². The smallest absolute Gasteiger partial charge is 0.232 e. The molecule has 1 fully saturated rings. The summed E-state index contributed by atoms with van der Waals surface area (Å²) in [6.07, 6.45) is 2.48. The van der Waals surface area contributed by atoms with Crippen LogP contribution in [0.2, 0.25) is 0 Å². The number of rotatable bonds is 8. The van der Waals surface area contributed by atoms with Gasteiger partial charge in [0.25, 0.3) is 0 Å². The quantitative estimate of drug-likeness (QED) is 0.669. The van der Waals surface area contributed by atoms with Crippen LogP contribution in [0.25, 0.3) is 10.8 Å². The number of sulfone groups is 1. The second-order valence-corrected chi connectivity index (χ2v) is 10.3. The number of unbranched alkanes of at least 4 members (excludes halogenated alkanes) is 1. The summed E-state index contributed by atoms with van der Waals surface area (Å²) in [6.45, 7) is 2.74. The van der Waals surface area contributed by atoms with Gasteiger partial charge in [0.15, 0.2) is 9.84 Å². The van der Waals surface area contributed by atoms with Gasteiger partial charge in [-0.2, -0.15) is 0 Å². The standard InChI is InChI=1S/C21H27NO3S2/c1-2-3-12-22(19-11-13-27(24,25)16-19)21(23)15-26-14-18-9-6-8-17-7-4-5-10-20(17)18/h4-10,19H,2-3,11-16H2,1H3. The minimum atomic E-state index is -2.99. The van der Waals surface area contributed by atoms with E-state index in [1.165, 1.54) is 16.3 Å². The van der Waals surface area contributed by atoms with E-state index in [-0.39, 0.29) is 23.5 Å². The van der Waals surface area contributed by atoms with Gasteiger partial charge in [0.1, 0.15) is 0 Å². The van der Waals surface area contributed by atoms with Gasteiger partial charge >= 0.3 is 0 Å². The van der Waals surface area contributed by atoms with Crippen molar-refractivity contribution >= 4 is 38.3 Å². The highest BCUT2D eigenvalue weighted by Crippen LogP contribution is 2.24. The summed E-state index contributed by atoms with van der Waals surface area (Å²) in [7, 11) is -2.99. The Hall–Kier alpha value is -1.53. The van der Waals surface area contributed by atoms with E-state index in [2.05, 4.69) is 37.3 Å². The van der Waals surface area contributed by atoms with Crippen molar-refractivity contribution < 1.29 is 13.2 Å². The summed E-state index contributed by atoms with van der Waals surface area (Å²) >= 11 is 1.61. The van der Waals surface area contributed by atoms with Gasteiger partial charge in [0.05, 0.1) is 17.3 Å². The molecule has 3 rings (SSSR count). The zero-order valence-corrected chi connectivity index (χ0v) is 17.4. The topological polar surface area (TPSA) is 54.5 Å². The fraction of sp³-hybridized carbons (Fsp3) is 0.476. The summed E-state index contributed by atoms with van der Waals surface area (Å²) in [4.78, 5) is 14.6. The van der Waals surface area contributed by atoms with E-state index in [0.717, 1.165) is 18.6 Å². The average molecular weight is 406 g/mol. The summed E-state index contributed by atoms with van der Waals surface area (Å²) in [5.74, 6) is 1.56. The monoisotopic (exact) mass is 405 g/mol. The average Bonchev–Trinajstić information content (AvgIpc) is 3.02. The molecular weight excluding hydrogens is 378 g/mol. The molecule has 0 saturated carbocycles. The van der Waals surface area contributed by atoms with Crippen LogP contribution in [0.5, 0.6) is 0 Å². The number of thioether (sulfide) groups is 1. The second kappa shape index (κ2) is 9.11. The van der Waals surface area contributed by atoms with Crippen molar-refractivity contribution in [1.29, 1.82) is 0 Å². The first-order valence-electron chi connectivity index (χ1n) is 9.54. The largest absolute Gasteiger partial charge is 0.338 e. The van der Waals surface area contributed by atoms with Crippen LogP contribution in [-0.4, -0.2) is 49.1 Å². The highest BCUT2D eigenvalue weighted by Gasteiger charge is 2.34. The molecule has 1 amide bonds. The minimum Gasteiger partial charge on any atom is -0.338 e. The number of amides is 1. The van der Waals surface area contributed by atoms with E-state index < -0.39 is 9.84 Å². The van der Waals surface area contributed by atoms with Gasteiger partial charge in [0.2, 0.25) is 5.91 Å². The Balaban J connectivity index is 1.62. The van der Waals surface area contributed by atoms with E-state index in [1.54, 1.807) is 11.8 Å². The molecule has 0 aromatic heterocycles. The molecule has 1 unspecified atom stereocenters. The van der Waals surface area contributed by atoms with Gasteiger partial charge in [-0.25, -0.2) is 8.42 Å². The minimum absolute atomic E-state index is 0.0655. The highest BCUT2D eigenvalue weighted by molar-refractivity contribution is 7.99. The molecule has 0 bridgehead atoms. The molecule has 0 spiro atoms. The van der Waals surface area contributed by atoms with Gasteiger partial charge in [-0.3, -0.25) is 4.79 Å². The zero-order chi connectivity index (χ0) is 19.3. The normalized spacial score (nSPS) is 18.6. The van der Waals surface area contributed by atoms with Crippen LogP contribution in [-0.2, 0) is 20.4 Å². The number of hydrogen-bond acceptors (Lipinski definition) is 4. The highest BCUT2D eigenvalue weighted by atomic mass is 32.2. The van der Waals surface area contributed by atoms with Crippen molar-refractivity contribution in [1.82, 2.24) is 4.90 Å². The lowest BCUT2D eigenvalue weighted by Gasteiger charge is -2.28. The number of fused-ring (bicyclic) bond motifs is 1. The number of hydrogen-bond donors (Lipinski definition) is 0. The van der Waals surface area contributed by atoms with Crippen LogP contribution in [0.1, 0.15) is 31.7 Å². The molecule has 0 aliphatic carbocycles. The van der Waals surface area contributed by atoms with Crippen LogP contribution >= 0.6 is 11.8 Å². The molecule has 2 aromatic carbocycles. The second-order valence-electron chi connectivity index (χ2n) is 7.13. The van der Waals surface area contributed by atoms with Crippen LogP contribution in [0, 0.1) is 0 Å². The van der Waals surface area contributed by atoms with Crippen molar-refractivity contribution in [3.05, 3.63) is 48.0 Å². The zero-order valence-electron chi connectivity index (χ0n) is 15.8. The maximum absolute atomic E-state index is 12.8. The molecule has 1 atom stereocenters. The van der Waals surface area contributed by atoms with Crippen LogP contribution < -0.4 is 0 Å². The van der Waals surface area contributed by atoms with Crippen LogP contribution in [0.3, 0.4) is 0 Å². The van der Waals surface area contributed by atoms with E-state index in [1.807, 2.05) is 17.0 Å². The first kappa shape index (κ1) is 20.2. The lowest BCUT2D eigenvalue weighted by atomic mass is 10.1. The van der Waals surface area contributed by atoms with E-state index in [4.69, 9.17) is 0 Å². The predicted octanol–water partition coefficient (Wildman–Crippen LogP) is 3.89. The third-order valence-corrected chi connectivity index (χ3v) is 7.80. The Labute approximate surface area is 166 Å². The van der Waals surface area contributed by atoms with Crippen molar-refractivity contribution in [3.63, 3.8) is 0 Å². The third kappa shape index (κ3) is 5.26. The molecule has 2 aromatic rings. The Morgan fingerprint density at radius 3 is 2.70 bits per heavy atom. The summed E-state index contributed by atoms with van der Waals surface area (Å²) in [5, 5.41) is 2.44. The molecule has 6 heteroatoms. The third-order valence-electron chi connectivity index (χ3n) is 5.09. The molecule has 0 radical (unpaired) electrons. The fourth-order valence-electron chi connectivity index (χ4n) is 3.61. The van der Waals surface area contributed by atoms with Gasteiger partial charge in [-0.05, 0) is 29.2 Å². The SMILES string of the molecule is CCCCN(C(=O)CSCc1cccc2ccccc12)C1CCS(=O)(=O)C1. The number of benzene rings is 2. The summed E-state index contributed by atoms with van der Waals surface area (Å²) in [5.41, 5.74) is 1.23. The molecule has 0 N–H and O–H groups in total. The van der Waals surface area contributed by atoms with Crippen LogP contribution in [0.4, 0.5) is 0 Å². The molecule has 1 aliphatic rings. The maximum atomic E-state index is 12.8. The van der Waals surface area contributed by atoms with Crippen molar-refractivity contribution in [2.24, 2.45) is 0 Å². The molecule has 1 saturated heterocycles. The summed E-state index contributed by atoms with van der Waals surface area (Å²) in [6, 6.07) is 14.4. The molecule has 27 heavy (non-hydrogen) atoms.